The molecular weight excluding hydrogens is 286 g/mol. The maximum absolute atomic E-state index is 11.6. The third-order valence-electron chi connectivity index (χ3n) is 3.21. The molecule has 22 heavy (non-hydrogen) atoms. The summed E-state index contributed by atoms with van der Waals surface area (Å²) in [7, 11) is 3.18. The van der Waals surface area contributed by atoms with Crippen LogP contribution in [0.2, 0.25) is 0 Å². The fourth-order valence-corrected chi connectivity index (χ4v) is 2.05. The number of rotatable bonds is 10. The topological polar surface area (TPSA) is 84.9 Å². The fourth-order valence-electron chi connectivity index (χ4n) is 2.05. The predicted octanol–water partition coefficient (Wildman–Crippen LogP) is 2.01. The molecule has 0 atom stereocenters. The standard InChI is InChI=1S/C16H23NO5/c1-21-13-9-8-12(11-14(13)22-2)5-3-6-15(18)17-10-4-7-16(19)20/h8-9,11H,3-7,10H2,1-2H3,(H,17,18)(H,19,20). The van der Waals surface area contributed by atoms with Crippen LogP contribution in [-0.4, -0.2) is 37.7 Å². The number of carbonyl (C=O) groups excluding carboxylic acids is 1. The van der Waals surface area contributed by atoms with Crippen molar-refractivity contribution in [3.8, 4) is 11.5 Å². The molecule has 0 radical (unpaired) electrons. The highest BCUT2D eigenvalue weighted by Gasteiger charge is 2.06. The monoisotopic (exact) mass is 309 g/mol. The van der Waals surface area contributed by atoms with Gasteiger partial charge in [0.1, 0.15) is 0 Å². The normalized spacial score (nSPS) is 10.1. The number of aliphatic carboxylic acids is 1. The quantitative estimate of drug-likeness (QED) is 0.646. The lowest BCUT2D eigenvalue weighted by atomic mass is 10.1. The van der Waals surface area contributed by atoms with Gasteiger partial charge in [0.05, 0.1) is 14.2 Å². The minimum Gasteiger partial charge on any atom is -0.493 e. The van der Waals surface area contributed by atoms with Gasteiger partial charge in [-0.05, 0) is 37.0 Å². The Balaban J connectivity index is 2.29. The molecule has 0 saturated carbocycles. The van der Waals surface area contributed by atoms with Gasteiger partial charge in [-0.15, -0.1) is 0 Å². The number of carbonyl (C=O) groups is 2. The first kappa shape index (κ1) is 17.8. The Morgan fingerprint density at radius 2 is 1.82 bits per heavy atom. The van der Waals surface area contributed by atoms with Crippen LogP contribution < -0.4 is 14.8 Å². The van der Waals surface area contributed by atoms with Crippen LogP contribution in [0.15, 0.2) is 18.2 Å². The summed E-state index contributed by atoms with van der Waals surface area (Å²) in [6, 6.07) is 5.70. The highest BCUT2D eigenvalue weighted by molar-refractivity contribution is 5.75. The van der Waals surface area contributed by atoms with Crippen molar-refractivity contribution in [1.29, 1.82) is 0 Å². The van der Waals surface area contributed by atoms with E-state index in [-0.39, 0.29) is 12.3 Å². The molecule has 0 bridgehead atoms. The molecule has 0 saturated heterocycles. The number of benzene rings is 1. The number of carboxylic acids is 1. The van der Waals surface area contributed by atoms with Gasteiger partial charge in [-0.3, -0.25) is 9.59 Å². The lowest BCUT2D eigenvalue weighted by Gasteiger charge is -2.09. The number of nitrogens with one attached hydrogen (secondary N) is 1. The maximum Gasteiger partial charge on any atom is 0.303 e. The first-order valence-electron chi connectivity index (χ1n) is 7.26. The summed E-state index contributed by atoms with van der Waals surface area (Å²) in [5.41, 5.74) is 1.08. The lowest BCUT2D eigenvalue weighted by Crippen LogP contribution is -2.24. The first-order chi connectivity index (χ1) is 10.6. The largest absolute Gasteiger partial charge is 0.493 e. The highest BCUT2D eigenvalue weighted by atomic mass is 16.5. The maximum atomic E-state index is 11.6. The second-order valence-electron chi connectivity index (χ2n) is 4.89. The molecule has 0 spiro atoms. The SMILES string of the molecule is COc1ccc(CCCC(=O)NCCCC(=O)O)cc1OC. The van der Waals surface area contributed by atoms with Crippen molar-refractivity contribution in [1.82, 2.24) is 5.32 Å². The number of hydrogen-bond acceptors (Lipinski definition) is 4. The Morgan fingerprint density at radius 3 is 2.45 bits per heavy atom. The van der Waals surface area contributed by atoms with Crippen LogP contribution in [0.4, 0.5) is 0 Å². The molecule has 0 unspecified atom stereocenters. The van der Waals surface area contributed by atoms with E-state index in [1.54, 1.807) is 14.2 Å². The number of ether oxygens (including phenoxy) is 2. The van der Waals surface area contributed by atoms with E-state index >= 15 is 0 Å². The van der Waals surface area contributed by atoms with Gasteiger partial charge in [-0.1, -0.05) is 6.07 Å². The second kappa shape index (κ2) is 9.65. The van der Waals surface area contributed by atoms with Crippen LogP contribution in [0, 0.1) is 0 Å². The first-order valence-corrected chi connectivity index (χ1v) is 7.26. The van der Waals surface area contributed by atoms with E-state index in [4.69, 9.17) is 14.6 Å². The van der Waals surface area contributed by atoms with Crippen LogP contribution in [0.25, 0.3) is 0 Å². The Labute approximate surface area is 130 Å². The lowest BCUT2D eigenvalue weighted by molar-refractivity contribution is -0.137. The van der Waals surface area contributed by atoms with Crippen molar-refractivity contribution in [3.63, 3.8) is 0 Å². The molecule has 0 heterocycles. The molecule has 2 N–H and O–H groups in total. The zero-order valence-electron chi connectivity index (χ0n) is 13.1. The minimum absolute atomic E-state index is 0.0501. The zero-order valence-corrected chi connectivity index (χ0v) is 13.1. The van der Waals surface area contributed by atoms with Crippen molar-refractivity contribution in [2.45, 2.75) is 32.1 Å². The van der Waals surface area contributed by atoms with Gasteiger partial charge in [-0.25, -0.2) is 0 Å². The Hall–Kier alpha value is -2.24. The third-order valence-corrected chi connectivity index (χ3v) is 3.21. The fraction of sp³-hybridized carbons (Fsp3) is 0.500. The van der Waals surface area contributed by atoms with Gasteiger partial charge in [0.25, 0.3) is 0 Å². The molecule has 6 nitrogen and oxygen atoms in total. The molecule has 1 rings (SSSR count). The average molecular weight is 309 g/mol. The van der Waals surface area contributed by atoms with Gasteiger partial charge in [0, 0.05) is 19.4 Å². The molecular formula is C16H23NO5. The Morgan fingerprint density at radius 1 is 1.09 bits per heavy atom. The van der Waals surface area contributed by atoms with Gasteiger partial charge < -0.3 is 19.9 Å². The summed E-state index contributed by atoms with van der Waals surface area (Å²) in [6.45, 7) is 0.404. The molecule has 0 aliphatic heterocycles. The van der Waals surface area contributed by atoms with Crippen molar-refractivity contribution in [2.75, 3.05) is 20.8 Å². The van der Waals surface area contributed by atoms with Crippen LogP contribution in [0.1, 0.15) is 31.2 Å². The Kier molecular flexibility index (Phi) is 7.81. The smallest absolute Gasteiger partial charge is 0.303 e. The second-order valence-corrected chi connectivity index (χ2v) is 4.89. The van der Waals surface area contributed by atoms with Crippen LogP contribution in [0.5, 0.6) is 11.5 Å². The average Bonchev–Trinajstić information content (AvgIpc) is 2.51. The third kappa shape index (κ3) is 6.47. The number of amides is 1. The highest BCUT2D eigenvalue weighted by Crippen LogP contribution is 2.28. The number of carboxylic acid groups (broad SMARTS) is 1. The molecule has 0 fully saturated rings. The molecule has 0 aliphatic rings. The summed E-state index contributed by atoms with van der Waals surface area (Å²) in [4.78, 5) is 21.9. The minimum atomic E-state index is -0.845. The Bertz CT molecular complexity index is 501. The van der Waals surface area contributed by atoms with Crippen LogP contribution >= 0.6 is 0 Å². The number of methoxy groups -OCH3 is 2. The molecule has 0 aliphatic carbocycles. The van der Waals surface area contributed by atoms with Crippen molar-refractivity contribution in [2.24, 2.45) is 0 Å². The van der Waals surface area contributed by atoms with Gasteiger partial charge in [0.15, 0.2) is 11.5 Å². The summed E-state index contributed by atoms with van der Waals surface area (Å²) in [6.07, 6.45) is 2.44. The van der Waals surface area contributed by atoms with Crippen molar-refractivity contribution >= 4 is 11.9 Å². The van der Waals surface area contributed by atoms with E-state index in [9.17, 15) is 9.59 Å². The van der Waals surface area contributed by atoms with E-state index in [0.29, 0.717) is 30.9 Å². The van der Waals surface area contributed by atoms with E-state index in [1.165, 1.54) is 0 Å². The van der Waals surface area contributed by atoms with Crippen molar-refractivity contribution < 1.29 is 24.2 Å². The molecule has 6 heteroatoms. The predicted molar refractivity (Wildman–Crippen MR) is 82.4 cm³/mol. The summed E-state index contributed by atoms with van der Waals surface area (Å²) >= 11 is 0. The van der Waals surface area contributed by atoms with E-state index in [2.05, 4.69) is 5.32 Å². The van der Waals surface area contributed by atoms with Gasteiger partial charge in [-0.2, -0.15) is 0 Å². The molecule has 1 aromatic carbocycles. The van der Waals surface area contributed by atoms with Crippen LogP contribution in [-0.2, 0) is 16.0 Å². The van der Waals surface area contributed by atoms with Gasteiger partial charge in [0.2, 0.25) is 5.91 Å². The number of hydrogen-bond donors (Lipinski definition) is 2. The summed E-state index contributed by atoms with van der Waals surface area (Å²) < 4.78 is 10.4. The molecule has 1 aromatic rings. The van der Waals surface area contributed by atoms with E-state index in [0.717, 1.165) is 18.4 Å². The van der Waals surface area contributed by atoms with E-state index < -0.39 is 5.97 Å². The molecule has 0 aromatic heterocycles. The van der Waals surface area contributed by atoms with Crippen molar-refractivity contribution in [3.05, 3.63) is 23.8 Å². The molecule has 122 valence electrons. The van der Waals surface area contributed by atoms with Crippen LogP contribution in [0.3, 0.4) is 0 Å². The zero-order chi connectivity index (χ0) is 16.4. The summed E-state index contributed by atoms with van der Waals surface area (Å²) in [5.74, 6) is 0.467. The van der Waals surface area contributed by atoms with Gasteiger partial charge >= 0.3 is 5.97 Å². The van der Waals surface area contributed by atoms with E-state index in [1.807, 2.05) is 18.2 Å². The molecule has 1 amide bonds. The number of aryl methyl sites for hydroxylation is 1. The summed E-state index contributed by atoms with van der Waals surface area (Å²) in [5, 5.41) is 11.2.